The molecule has 0 spiro atoms. The van der Waals surface area contributed by atoms with Crippen LogP contribution in [0.2, 0.25) is 0 Å². The zero-order valence-electron chi connectivity index (χ0n) is 9.45. The summed E-state index contributed by atoms with van der Waals surface area (Å²) < 4.78 is 1.50. The summed E-state index contributed by atoms with van der Waals surface area (Å²) >= 11 is 6.56. The second kappa shape index (κ2) is 5.58. The molecule has 0 aliphatic carbocycles. The average molecular weight is 371 g/mol. The normalized spacial score (nSPS) is 10.2. The molecular formula is C12H9Br2N3O. The molecule has 0 fully saturated rings. The lowest BCUT2D eigenvalue weighted by molar-refractivity contribution is 0.102. The van der Waals surface area contributed by atoms with Crippen molar-refractivity contribution in [1.82, 2.24) is 9.97 Å². The zero-order chi connectivity index (χ0) is 13.1. The number of anilines is 1. The molecule has 4 nitrogen and oxygen atoms in total. The molecule has 0 atom stereocenters. The average Bonchev–Trinajstić information content (AvgIpc) is 2.32. The first-order chi connectivity index (χ1) is 8.56. The number of nitrogens with one attached hydrogen (secondary N) is 1. The summed E-state index contributed by atoms with van der Waals surface area (Å²) in [5.41, 5.74) is 1.93. The van der Waals surface area contributed by atoms with E-state index in [4.69, 9.17) is 0 Å². The lowest BCUT2D eigenvalue weighted by Gasteiger charge is -2.07. The lowest BCUT2D eigenvalue weighted by Crippen LogP contribution is -2.13. The van der Waals surface area contributed by atoms with E-state index < -0.39 is 0 Å². The van der Waals surface area contributed by atoms with Gasteiger partial charge in [-0.3, -0.25) is 9.78 Å². The molecule has 18 heavy (non-hydrogen) atoms. The minimum absolute atomic E-state index is 0.212. The Morgan fingerprint density at radius 1 is 1.28 bits per heavy atom. The van der Waals surface area contributed by atoms with Crippen LogP contribution in [0.5, 0.6) is 0 Å². The lowest BCUT2D eigenvalue weighted by atomic mass is 10.2. The van der Waals surface area contributed by atoms with Gasteiger partial charge in [-0.1, -0.05) is 0 Å². The van der Waals surface area contributed by atoms with Crippen LogP contribution in [-0.4, -0.2) is 15.9 Å². The number of hydrogen-bond acceptors (Lipinski definition) is 3. The van der Waals surface area contributed by atoms with E-state index in [-0.39, 0.29) is 5.91 Å². The molecule has 1 amide bonds. The van der Waals surface area contributed by atoms with Crippen molar-refractivity contribution in [2.24, 2.45) is 0 Å². The first kappa shape index (κ1) is 13.2. The summed E-state index contributed by atoms with van der Waals surface area (Å²) in [5, 5.41) is 2.80. The maximum absolute atomic E-state index is 12.0. The Bertz CT molecular complexity index is 602. The predicted molar refractivity (Wildman–Crippen MR) is 76.6 cm³/mol. The Kier molecular flexibility index (Phi) is 4.08. The van der Waals surface area contributed by atoms with Crippen LogP contribution in [0.15, 0.2) is 39.7 Å². The number of carbonyl (C=O) groups excluding carboxylic acids is 1. The monoisotopic (exact) mass is 369 g/mol. The summed E-state index contributed by atoms with van der Waals surface area (Å²) in [6.45, 7) is 1.83. The molecule has 0 aromatic carbocycles. The molecule has 92 valence electrons. The summed E-state index contributed by atoms with van der Waals surface area (Å²) in [4.78, 5) is 20.2. The maximum Gasteiger partial charge on any atom is 0.257 e. The quantitative estimate of drug-likeness (QED) is 0.822. The van der Waals surface area contributed by atoms with Gasteiger partial charge in [0.1, 0.15) is 4.60 Å². The zero-order valence-corrected chi connectivity index (χ0v) is 12.6. The third-order valence-corrected chi connectivity index (χ3v) is 3.14. The Hall–Kier alpha value is -1.27. The molecule has 0 radical (unpaired) electrons. The fraction of sp³-hybridized carbons (Fsp3) is 0.0833. The van der Waals surface area contributed by atoms with Gasteiger partial charge in [-0.05, 0) is 57.0 Å². The van der Waals surface area contributed by atoms with Gasteiger partial charge < -0.3 is 5.32 Å². The molecule has 2 aromatic rings. The van der Waals surface area contributed by atoms with Gasteiger partial charge in [0, 0.05) is 16.9 Å². The summed E-state index contributed by atoms with van der Waals surface area (Å²) in [6.07, 6.45) is 3.14. The highest BCUT2D eigenvalue weighted by molar-refractivity contribution is 9.10. The van der Waals surface area contributed by atoms with E-state index in [1.807, 2.05) is 6.92 Å². The van der Waals surface area contributed by atoms with Crippen LogP contribution < -0.4 is 5.32 Å². The summed E-state index contributed by atoms with van der Waals surface area (Å²) in [5.74, 6) is -0.212. The number of pyridine rings is 2. The summed E-state index contributed by atoms with van der Waals surface area (Å²) in [7, 11) is 0. The Balaban J connectivity index is 2.21. The van der Waals surface area contributed by atoms with Gasteiger partial charge in [0.05, 0.1) is 16.9 Å². The SMILES string of the molecule is Cc1nc(Br)ccc1NC(=O)c1cncc(Br)c1. The van der Waals surface area contributed by atoms with Crippen molar-refractivity contribution in [1.29, 1.82) is 0 Å². The molecule has 0 bridgehead atoms. The first-order valence-electron chi connectivity index (χ1n) is 5.11. The molecule has 2 rings (SSSR count). The van der Waals surface area contributed by atoms with Crippen LogP contribution in [0.4, 0.5) is 5.69 Å². The highest BCUT2D eigenvalue weighted by Gasteiger charge is 2.09. The first-order valence-corrected chi connectivity index (χ1v) is 6.70. The van der Waals surface area contributed by atoms with E-state index in [0.29, 0.717) is 11.3 Å². The van der Waals surface area contributed by atoms with Crippen molar-refractivity contribution >= 4 is 43.5 Å². The van der Waals surface area contributed by atoms with E-state index in [9.17, 15) is 4.79 Å². The Labute approximate surface area is 121 Å². The molecule has 1 N–H and O–H groups in total. The van der Waals surface area contributed by atoms with Gasteiger partial charge in [-0.2, -0.15) is 0 Å². The van der Waals surface area contributed by atoms with Crippen LogP contribution in [-0.2, 0) is 0 Å². The number of rotatable bonds is 2. The minimum Gasteiger partial charge on any atom is -0.320 e. The van der Waals surface area contributed by atoms with E-state index in [2.05, 4.69) is 47.1 Å². The van der Waals surface area contributed by atoms with E-state index in [1.165, 1.54) is 6.20 Å². The van der Waals surface area contributed by atoms with E-state index in [0.717, 1.165) is 14.8 Å². The van der Waals surface area contributed by atoms with Crippen LogP contribution in [0, 0.1) is 6.92 Å². The Morgan fingerprint density at radius 3 is 2.72 bits per heavy atom. The van der Waals surface area contributed by atoms with Crippen molar-refractivity contribution < 1.29 is 4.79 Å². The second-order valence-electron chi connectivity index (χ2n) is 3.61. The molecule has 0 saturated carbocycles. The van der Waals surface area contributed by atoms with E-state index in [1.54, 1.807) is 24.4 Å². The molecule has 0 aliphatic heterocycles. The van der Waals surface area contributed by atoms with Crippen LogP contribution in [0.1, 0.15) is 16.1 Å². The molecular weight excluding hydrogens is 362 g/mol. The van der Waals surface area contributed by atoms with E-state index >= 15 is 0 Å². The van der Waals surface area contributed by atoms with Gasteiger partial charge in [0.2, 0.25) is 0 Å². The summed E-state index contributed by atoms with van der Waals surface area (Å²) in [6, 6.07) is 5.29. The maximum atomic E-state index is 12.0. The standard InChI is InChI=1S/C12H9Br2N3O/c1-7-10(2-3-11(14)16-7)17-12(18)8-4-9(13)6-15-5-8/h2-6H,1H3,(H,17,18). The number of hydrogen-bond donors (Lipinski definition) is 1. The molecule has 6 heteroatoms. The van der Waals surface area contributed by atoms with Crippen molar-refractivity contribution in [3.05, 3.63) is 50.9 Å². The number of nitrogens with zero attached hydrogens (tertiary/aromatic N) is 2. The topological polar surface area (TPSA) is 54.9 Å². The van der Waals surface area contributed by atoms with Gasteiger partial charge in [-0.25, -0.2) is 4.98 Å². The van der Waals surface area contributed by atoms with Crippen LogP contribution >= 0.6 is 31.9 Å². The number of halogens is 2. The third-order valence-electron chi connectivity index (χ3n) is 2.27. The number of aryl methyl sites for hydroxylation is 1. The van der Waals surface area contributed by atoms with Gasteiger partial charge in [-0.15, -0.1) is 0 Å². The van der Waals surface area contributed by atoms with Crippen molar-refractivity contribution in [3.63, 3.8) is 0 Å². The number of aromatic nitrogens is 2. The van der Waals surface area contributed by atoms with Crippen molar-refractivity contribution in [3.8, 4) is 0 Å². The molecule has 2 aromatic heterocycles. The number of carbonyl (C=O) groups is 1. The molecule has 0 unspecified atom stereocenters. The fourth-order valence-electron chi connectivity index (χ4n) is 1.39. The number of amides is 1. The third kappa shape index (κ3) is 3.14. The van der Waals surface area contributed by atoms with Gasteiger partial charge in [0.25, 0.3) is 5.91 Å². The second-order valence-corrected chi connectivity index (χ2v) is 5.34. The largest absolute Gasteiger partial charge is 0.320 e. The van der Waals surface area contributed by atoms with Crippen LogP contribution in [0.3, 0.4) is 0 Å². The highest BCUT2D eigenvalue weighted by atomic mass is 79.9. The predicted octanol–water partition coefficient (Wildman–Crippen LogP) is 3.56. The fourth-order valence-corrected chi connectivity index (χ4v) is 2.16. The molecule has 0 saturated heterocycles. The Morgan fingerprint density at radius 2 is 2.06 bits per heavy atom. The molecule has 2 heterocycles. The van der Waals surface area contributed by atoms with Gasteiger partial charge >= 0.3 is 0 Å². The smallest absolute Gasteiger partial charge is 0.257 e. The van der Waals surface area contributed by atoms with Crippen LogP contribution in [0.25, 0.3) is 0 Å². The van der Waals surface area contributed by atoms with Crippen molar-refractivity contribution in [2.75, 3.05) is 5.32 Å². The minimum atomic E-state index is -0.212. The van der Waals surface area contributed by atoms with Gasteiger partial charge in [0.15, 0.2) is 0 Å². The highest BCUT2D eigenvalue weighted by Crippen LogP contribution is 2.17. The van der Waals surface area contributed by atoms with Crippen molar-refractivity contribution in [2.45, 2.75) is 6.92 Å². The molecule has 0 aliphatic rings.